The number of benzene rings is 10. The van der Waals surface area contributed by atoms with Crippen molar-refractivity contribution in [2.75, 3.05) is 4.90 Å². The summed E-state index contributed by atoms with van der Waals surface area (Å²) in [6, 6.07) is 80.5. The zero-order valence-electron chi connectivity index (χ0n) is 34.0. The highest BCUT2D eigenvalue weighted by atomic mass is 32.2. The Morgan fingerprint density at radius 1 is 0.397 bits per heavy atom. The average Bonchev–Trinajstić information content (AvgIpc) is 3.88. The second-order valence-corrected chi connectivity index (χ2v) is 17.8. The van der Waals surface area contributed by atoms with E-state index in [1.54, 1.807) is 0 Å². The maximum absolute atomic E-state index is 6.29. The van der Waals surface area contributed by atoms with Crippen LogP contribution in [0.3, 0.4) is 0 Å². The number of nitrogens with zero attached hydrogens (tertiary/aromatic N) is 2. The molecule has 294 valence electrons. The molecule has 3 heterocycles. The molecule has 0 saturated heterocycles. The third kappa shape index (κ3) is 4.76. The number of hydrogen-bond acceptors (Lipinski definition) is 3. The molecule has 0 unspecified atom stereocenters. The zero-order valence-corrected chi connectivity index (χ0v) is 34.8. The molecule has 1 spiro atoms. The van der Waals surface area contributed by atoms with Crippen molar-refractivity contribution in [2.45, 2.75) is 15.2 Å². The molecule has 14 rings (SSSR count). The largest absolute Gasteiger partial charge is 0.456 e. The van der Waals surface area contributed by atoms with Gasteiger partial charge in [0.25, 0.3) is 0 Å². The Morgan fingerprint density at radius 2 is 1.05 bits per heavy atom. The fourth-order valence-corrected chi connectivity index (χ4v) is 12.3. The van der Waals surface area contributed by atoms with Gasteiger partial charge in [-0.05, 0) is 112 Å². The van der Waals surface area contributed by atoms with Gasteiger partial charge in [-0.3, -0.25) is 0 Å². The first-order chi connectivity index (χ1) is 31.3. The van der Waals surface area contributed by atoms with E-state index in [-0.39, 0.29) is 0 Å². The Bertz CT molecular complexity index is 3810. The van der Waals surface area contributed by atoms with Gasteiger partial charge in [0.2, 0.25) is 0 Å². The number of rotatable bonds is 4. The maximum Gasteiger partial charge on any atom is 0.135 e. The first kappa shape index (κ1) is 34.9. The predicted molar refractivity (Wildman–Crippen MR) is 262 cm³/mol. The molecule has 0 saturated carbocycles. The van der Waals surface area contributed by atoms with Crippen molar-refractivity contribution in [3.8, 4) is 16.8 Å². The minimum absolute atomic E-state index is 0.501. The van der Waals surface area contributed by atoms with Gasteiger partial charge in [0, 0.05) is 53.8 Å². The second-order valence-electron chi connectivity index (χ2n) is 16.8. The molecule has 4 heteroatoms. The average molecular weight is 821 g/mol. The lowest BCUT2D eigenvalue weighted by atomic mass is 9.59. The fourth-order valence-electron chi connectivity index (χ4n) is 11.1. The maximum atomic E-state index is 6.29. The molecule has 0 bridgehead atoms. The number of para-hydroxylation sites is 3. The fraction of sp³-hybridized carbons (Fsp3) is 0.0169. The molecular formula is C59H36N2OS. The summed E-state index contributed by atoms with van der Waals surface area (Å²) in [6.07, 6.45) is 0. The van der Waals surface area contributed by atoms with E-state index in [1.165, 1.54) is 70.2 Å². The monoisotopic (exact) mass is 820 g/mol. The first-order valence-corrected chi connectivity index (χ1v) is 22.4. The number of hydrogen-bond donors (Lipinski definition) is 0. The molecule has 2 aromatic heterocycles. The second kappa shape index (κ2) is 13.1. The van der Waals surface area contributed by atoms with E-state index in [1.807, 2.05) is 23.9 Å². The lowest BCUT2D eigenvalue weighted by molar-refractivity contribution is 0.669. The molecule has 3 nitrogen and oxygen atoms in total. The lowest BCUT2D eigenvalue weighted by Crippen LogP contribution is -2.36. The predicted octanol–water partition coefficient (Wildman–Crippen LogP) is 16.1. The van der Waals surface area contributed by atoms with Gasteiger partial charge in [-0.2, -0.15) is 0 Å². The molecule has 0 N–H and O–H groups in total. The highest BCUT2D eigenvalue weighted by molar-refractivity contribution is 7.99. The van der Waals surface area contributed by atoms with E-state index in [9.17, 15) is 0 Å². The Labute approximate surface area is 368 Å². The number of aromatic nitrogens is 1. The highest BCUT2D eigenvalue weighted by Gasteiger charge is 2.48. The van der Waals surface area contributed by atoms with Crippen LogP contribution in [-0.2, 0) is 5.41 Å². The molecule has 63 heavy (non-hydrogen) atoms. The van der Waals surface area contributed by atoms with Gasteiger partial charge in [-0.15, -0.1) is 0 Å². The van der Waals surface area contributed by atoms with Crippen LogP contribution in [0.1, 0.15) is 22.3 Å². The molecule has 10 aromatic carbocycles. The van der Waals surface area contributed by atoms with Crippen molar-refractivity contribution >= 4 is 83.3 Å². The lowest BCUT2D eigenvalue weighted by Gasteiger charge is -2.46. The minimum Gasteiger partial charge on any atom is -0.456 e. The summed E-state index contributed by atoms with van der Waals surface area (Å²) in [5.41, 5.74) is 15.9. The smallest absolute Gasteiger partial charge is 0.135 e. The van der Waals surface area contributed by atoms with E-state index in [0.29, 0.717) is 0 Å². The van der Waals surface area contributed by atoms with Crippen LogP contribution < -0.4 is 4.90 Å². The molecule has 12 aromatic rings. The van der Waals surface area contributed by atoms with Crippen molar-refractivity contribution in [2.24, 2.45) is 0 Å². The molecule has 1 aliphatic heterocycles. The van der Waals surface area contributed by atoms with Gasteiger partial charge < -0.3 is 13.9 Å². The van der Waals surface area contributed by atoms with Gasteiger partial charge in [-0.25, -0.2) is 0 Å². The molecule has 0 amide bonds. The van der Waals surface area contributed by atoms with Gasteiger partial charge in [-0.1, -0.05) is 157 Å². The van der Waals surface area contributed by atoms with Crippen LogP contribution >= 0.6 is 11.8 Å². The molecule has 2 aliphatic rings. The summed E-state index contributed by atoms with van der Waals surface area (Å²) in [7, 11) is 0. The number of fused-ring (bicyclic) bond motifs is 14. The summed E-state index contributed by atoms with van der Waals surface area (Å²) in [5.74, 6) is 0. The first-order valence-electron chi connectivity index (χ1n) is 21.6. The van der Waals surface area contributed by atoms with E-state index >= 15 is 0 Å². The third-order valence-electron chi connectivity index (χ3n) is 13.6. The topological polar surface area (TPSA) is 21.3 Å². The van der Waals surface area contributed by atoms with Gasteiger partial charge >= 0.3 is 0 Å². The molecule has 0 fully saturated rings. The van der Waals surface area contributed by atoms with E-state index < -0.39 is 5.41 Å². The molecule has 0 radical (unpaired) electrons. The summed E-state index contributed by atoms with van der Waals surface area (Å²) >= 11 is 1.89. The van der Waals surface area contributed by atoms with Crippen molar-refractivity contribution < 1.29 is 4.42 Å². The minimum atomic E-state index is -0.501. The Morgan fingerprint density at radius 3 is 1.89 bits per heavy atom. The summed E-state index contributed by atoms with van der Waals surface area (Å²) < 4.78 is 8.71. The van der Waals surface area contributed by atoms with Gasteiger partial charge in [0.15, 0.2) is 0 Å². The van der Waals surface area contributed by atoms with Crippen LogP contribution in [0.25, 0.3) is 71.3 Å². The van der Waals surface area contributed by atoms with E-state index in [0.717, 1.165) is 50.2 Å². The Balaban J connectivity index is 1.05. The van der Waals surface area contributed by atoms with Crippen LogP contribution in [0.5, 0.6) is 0 Å². The number of furan rings is 1. The number of anilines is 3. The quantitative estimate of drug-likeness (QED) is 0.176. The Kier molecular flexibility index (Phi) is 7.26. The summed E-state index contributed by atoms with van der Waals surface area (Å²) in [6.45, 7) is 0. The van der Waals surface area contributed by atoms with Crippen LogP contribution in [0.15, 0.2) is 233 Å². The summed E-state index contributed by atoms with van der Waals surface area (Å²) in [4.78, 5) is 5.07. The van der Waals surface area contributed by atoms with Gasteiger partial charge in [0.1, 0.15) is 11.2 Å². The van der Waals surface area contributed by atoms with E-state index in [2.05, 4.69) is 216 Å². The van der Waals surface area contributed by atoms with Crippen molar-refractivity contribution in [1.29, 1.82) is 0 Å². The third-order valence-corrected chi connectivity index (χ3v) is 14.8. The standard InChI is InChI=1S/C59H36N2OS/c1-2-15-37(16-3-1)60(39-29-31-42-41-18-5-10-25-51(41)61(53(42)36-39)38-30-34-55-46(35-38)43-19-6-11-26-54(43)62-55)52-33-32-44-40-17-4-7-21-47(40)59(50-24-14-20-45(52)58(44)50)48-22-8-12-27-56(48)63-57-28-13-9-23-49(57)59/h1-36H. The van der Waals surface area contributed by atoms with Crippen molar-refractivity contribution in [1.82, 2.24) is 4.57 Å². The van der Waals surface area contributed by atoms with Crippen LogP contribution in [0, 0.1) is 0 Å². The van der Waals surface area contributed by atoms with Crippen LogP contribution in [-0.4, -0.2) is 4.57 Å². The van der Waals surface area contributed by atoms with Gasteiger partial charge in [0.05, 0.1) is 22.1 Å². The van der Waals surface area contributed by atoms with Crippen molar-refractivity contribution in [3.63, 3.8) is 0 Å². The highest BCUT2D eigenvalue weighted by Crippen LogP contribution is 2.62. The molecular weight excluding hydrogens is 785 g/mol. The SMILES string of the molecule is c1ccc(N(c2ccc3c4ccccc4n(-c4ccc5oc6ccccc6c5c4)c3c2)c2ccc3c4c(cccc24)C2(c4ccccc4Sc4ccccc42)c2ccccc2-3)cc1. The van der Waals surface area contributed by atoms with Crippen LogP contribution in [0.4, 0.5) is 17.1 Å². The normalized spacial score (nSPS) is 13.5. The molecule has 0 atom stereocenters. The van der Waals surface area contributed by atoms with Crippen LogP contribution in [0.2, 0.25) is 0 Å². The Hall–Kier alpha value is -7.79. The molecule has 1 aliphatic carbocycles. The van der Waals surface area contributed by atoms with E-state index in [4.69, 9.17) is 4.42 Å². The van der Waals surface area contributed by atoms with Crippen molar-refractivity contribution in [3.05, 3.63) is 241 Å². The summed E-state index contributed by atoms with van der Waals surface area (Å²) in [5, 5.41) is 7.18. The zero-order chi connectivity index (χ0) is 41.2.